The highest BCUT2D eigenvalue weighted by Crippen LogP contribution is 2.16. The predicted molar refractivity (Wildman–Crippen MR) is 102 cm³/mol. The Morgan fingerprint density at radius 3 is 2.30 bits per heavy atom. The molecule has 1 N–H and O–H groups in total. The Morgan fingerprint density at radius 2 is 1.70 bits per heavy atom. The number of nitrogens with zero attached hydrogens (tertiary/aromatic N) is 1. The van der Waals surface area contributed by atoms with Crippen LogP contribution < -0.4 is 14.2 Å². The average Bonchev–Trinajstić information content (AvgIpc) is 2.67. The number of nitrogens with one attached hydrogen (secondary N) is 1. The van der Waals surface area contributed by atoms with Gasteiger partial charge >= 0.3 is 0 Å². The molecule has 1 atom stereocenters. The van der Waals surface area contributed by atoms with Crippen molar-refractivity contribution in [3.8, 4) is 11.5 Å². The van der Waals surface area contributed by atoms with Crippen LogP contribution in [0.1, 0.15) is 6.92 Å². The van der Waals surface area contributed by atoms with Gasteiger partial charge in [-0.3, -0.25) is 4.79 Å². The largest absolute Gasteiger partial charge is 0.497 e. The maximum atomic E-state index is 12.4. The molecule has 0 unspecified atom stereocenters. The lowest BCUT2D eigenvalue weighted by atomic mass is 10.3. The summed E-state index contributed by atoms with van der Waals surface area (Å²) in [6, 6.07) is 14.3. The third-order valence-corrected chi connectivity index (χ3v) is 5.44. The summed E-state index contributed by atoms with van der Waals surface area (Å²) in [6.07, 6.45) is 0. The van der Waals surface area contributed by atoms with Crippen LogP contribution in [0, 0.1) is 0 Å². The van der Waals surface area contributed by atoms with Crippen molar-refractivity contribution in [3.63, 3.8) is 0 Å². The van der Waals surface area contributed by atoms with Crippen molar-refractivity contribution in [2.24, 2.45) is 0 Å². The zero-order chi connectivity index (χ0) is 19.9. The Morgan fingerprint density at radius 1 is 1.07 bits per heavy atom. The van der Waals surface area contributed by atoms with Crippen molar-refractivity contribution < 1.29 is 22.7 Å². The van der Waals surface area contributed by atoms with Gasteiger partial charge in [-0.25, -0.2) is 8.42 Å². The fourth-order valence-electron chi connectivity index (χ4n) is 2.36. The molecule has 0 saturated heterocycles. The summed E-state index contributed by atoms with van der Waals surface area (Å²) in [5, 5.41) is 0. The molecule has 0 aliphatic heterocycles. The van der Waals surface area contributed by atoms with Crippen molar-refractivity contribution in [1.82, 2.24) is 9.62 Å². The number of para-hydroxylation sites is 1. The lowest BCUT2D eigenvalue weighted by Gasteiger charge is -2.22. The number of methoxy groups -OCH3 is 1. The molecule has 8 heteroatoms. The molecule has 0 fully saturated rings. The summed E-state index contributed by atoms with van der Waals surface area (Å²) < 4.78 is 37.8. The molecule has 2 rings (SSSR count). The number of carbonyl (C=O) groups is 1. The maximum Gasteiger partial charge on any atom is 0.241 e. The lowest BCUT2D eigenvalue weighted by molar-refractivity contribution is -0.131. The van der Waals surface area contributed by atoms with Gasteiger partial charge in [-0.1, -0.05) is 18.2 Å². The first-order chi connectivity index (χ1) is 12.8. The highest BCUT2D eigenvalue weighted by atomic mass is 32.2. The van der Waals surface area contributed by atoms with E-state index < -0.39 is 16.1 Å². The van der Waals surface area contributed by atoms with E-state index in [0.29, 0.717) is 24.7 Å². The minimum absolute atomic E-state index is 0.0676. The molecular formula is C19H24N2O5S. The second-order valence-electron chi connectivity index (χ2n) is 5.94. The third-order valence-electron chi connectivity index (χ3n) is 3.89. The van der Waals surface area contributed by atoms with E-state index in [1.807, 2.05) is 30.3 Å². The molecular weight excluding hydrogens is 368 g/mol. The Kier molecular flexibility index (Phi) is 7.20. The molecule has 0 radical (unpaired) electrons. The van der Waals surface area contributed by atoms with E-state index >= 15 is 0 Å². The number of sulfonamides is 1. The van der Waals surface area contributed by atoms with Crippen molar-refractivity contribution in [2.45, 2.75) is 17.9 Å². The number of ether oxygens (including phenoxy) is 2. The van der Waals surface area contributed by atoms with Crippen LogP contribution >= 0.6 is 0 Å². The summed E-state index contributed by atoms with van der Waals surface area (Å²) in [6.45, 7) is 2.16. The predicted octanol–water partition coefficient (Wildman–Crippen LogP) is 1.90. The van der Waals surface area contributed by atoms with Gasteiger partial charge in [0.05, 0.1) is 24.6 Å². The first-order valence-electron chi connectivity index (χ1n) is 8.42. The minimum Gasteiger partial charge on any atom is -0.497 e. The van der Waals surface area contributed by atoms with Crippen LogP contribution in [0.2, 0.25) is 0 Å². The van der Waals surface area contributed by atoms with Crippen LogP contribution in [0.3, 0.4) is 0 Å². The summed E-state index contributed by atoms with van der Waals surface area (Å²) >= 11 is 0. The molecule has 0 spiro atoms. The van der Waals surface area contributed by atoms with Crippen molar-refractivity contribution in [2.75, 3.05) is 27.3 Å². The van der Waals surface area contributed by atoms with Crippen LogP contribution in [0.5, 0.6) is 11.5 Å². The quantitative estimate of drug-likeness (QED) is 0.705. The van der Waals surface area contributed by atoms with Crippen molar-refractivity contribution in [1.29, 1.82) is 0 Å². The van der Waals surface area contributed by atoms with E-state index in [4.69, 9.17) is 9.47 Å². The molecule has 0 bridgehead atoms. The van der Waals surface area contributed by atoms with Crippen LogP contribution in [0.25, 0.3) is 0 Å². The second-order valence-corrected chi connectivity index (χ2v) is 7.65. The normalized spacial score (nSPS) is 12.3. The van der Waals surface area contributed by atoms with E-state index in [0.717, 1.165) is 0 Å². The zero-order valence-electron chi connectivity index (χ0n) is 15.6. The number of likely N-dealkylation sites (N-methyl/N-ethyl adjacent to an activating group) is 1. The van der Waals surface area contributed by atoms with Gasteiger partial charge in [0, 0.05) is 7.05 Å². The molecule has 0 aliphatic carbocycles. The van der Waals surface area contributed by atoms with Gasteiger partial charge in [0.1, 0.15) is 18.1 Å². The Hall–Kier alpha value is -2.58. The summed E-state index contributed by atoms with van der Waals surface area (Å²) in [4.78, 5) is 13.9. The van der Waals surface area contributed by atoms with Crippen molar-refractivity contribution in [3.05, 3.63) is 54.6 Å². The monoisotopic (exact) mass is 392 g/mol. The van der Waals surface area contributed by atoms with Crippen LogP contribution in [0.15, 0.2) is 59.5 Å². The first kappa shape index (κ1) is 20.7. The SMILES string of the molecule is COc1ccc(S(=O)(=O)N[C@@H](C)C(=O)N(C)CCOc2ccccc2)cc1. The van der Waals surface area contributed by atoms with Crippen LogP contribution in [-0.4, -0.2) is 52.6 Å². The number of rotatable bonds is 9. The average molecular weight is 392 g/mol. The van der Waals surface area contributed by atoms with Gasteiger partial charge in [-0.15, -0.1) is 0 Å². The minimum atomic E-state index is -3.81. The molecule has 0 saturated carbocycles. The number of benzene rings is 2. The van der Waals surface area contributed by atoms with E-state index in [1.165, 1.54) is 31.1 Å². The molecule has 1 amide bonds. The van der Waals surface area contributed by atoms with Crippen LogP contribution in [-0.2, 0) is 14.8 Å². The summed E-state index contributed by atoms with van der Waals surface area (Å²) in [5.41, 5.74) is 0. The highest BCUT2D eigenvalue weighted by Gasteiger charge is 2.24. The molecule has 27 heavy (non-hydrogen) atoms. The third kappa shape index (κ3) is 5.97. The Bertz CT molecular complexity index is 838. The first-order valence-corrected chi connectivity index (χ1v) is 9.91. The number of carbonyl (C=O) groups excluding carboxylic acids is 1. The van der Waals surface area contributed by atoms with Gasteiger partial charge in [-0.2, -0.15) is 4.72 Å². The van der Waals surface area contributed by atoms with Gasteiger partial charge in [0.15, 0.2) is 0 Å². The van der Waals surface area contributed by atoms with Crippen LogP contribution in [0.4, 0.5) is 0 Å². The van der Waals surface area contributed by atoms with Crippen molar-refractivity contribution >= 4 is 15.9 Å². The topological polar surface area (TPSA) is 84.9 Å². The number of hydrogen-bond donors (Lipinski definition) is 1. The van der Waals surface area contributed by atoms with Gasteiger partial charge in [0.25, 0.3) is 0 Å². The Balaban J connectivity index is 1.89. The van der Waals surface area contributed by atoms with E-state index in [1.54, 1.807) is 19.2 Å². The molecule has 2 aromatic carbocycles. The Labute approximate surface area is 160 Å². The molecule has 2 aromatic rings. The molecule has 146 valence electrons. The summed E-state index contributed by atoms with van der Waals surface area (Å²) in [7, 11) is -0.705. The molecule has 0 aromatic heterocycles. The van der Waals surface area contributed by atoms with E-state index in [-0.39, 0.29) is 10.8 Å². The molecule has 0 aliphatic rings. The zero-order valence-corrected chi connectivity index (χ0v) is 16.4. The second kappa shape index (κ2) is 9.38. The van der Waals surface area contributed by atoms with E-state index in [2.05, 4.69) is 4.72 Å². The standard InChI is InChI=1S/C19H24N2O5S/c1-15(20-27(23,24)18-11-9-16(25-3)10-12-18)19(22)21(2)13-14-26-17-7-5-4-6-8-17/h4-12,15,20H,13-14H2,1-3H3/t15-/m0/s1. The van der Waals surface area contributed by atoms with Gasteiger partial charge in [-0.05, 0) is 43.3 Å². The lowest BCUT2D eigenvalue weighted by Crippen LogP contribution is -2.46. The number of hydrogen-bond acceptors (Lipinski definition) is 5. The van der Waals surface area contributed by atoms with Gasteiger partial charge in [0.2, 0.25) is 15.9 Å². The fourth-order valence-corrected chi connectivity index (χ4v) is 3.56. The molecule has 7 nitrogen and oxygen atoms in total. The highest BCUT2D eigenvalue weighted by molar-refractivity contribution is 7.89. The van der Waals surface area contributed by atoms with E-state index in [9.17, 15) is 13.2 Å². The number of amides is 1. The fraction of sp³-hybridized carbons (Fsp3) is 0.316. The maximum absolute atomic E-state index is 12.4. The smallest absolute Gasteiger partial charge is 0.241 e. The summed E-state index contributed by atoms with van der Waals surface area (Å²) in [5.74, 6) is 0.923. The van der Waals surface area contributed by atoms with Gasteiger partial charge < -0.3 is 14.4 Å². The molecule has 0 heterocycles.